The lowest BCUT2D eigenvalue weighted by atomic mass is 9.92. The summed E-state index contributed by atoms with van der Waals surface area (Å²) in [5, 5.41) is 8.84. The zero-order valence-electron chi connectivity index (χ0n) is 12.7. The first kappa shape index (κ1) is 15.6. The molecule has 1 aliphatic carbocycles. The normalized spacial score (nSPS) is 21.4. The lowest BCUT2D eigenvalue weighted by Gasteiger charge is -2.34. The molecule has 4 nitrogen and oxygen atoms in total. The highest BCUT2D eigenvalue weighted by Crippen LogP contribution is 2.35. The molecule has 1 rings (SSSR count). The molecular weight excluding hydrogens is 228 g/mol. The van der Waals surface area contributed by atoms with Gasteiger partial charge in [0.15, 0.2) is 0 Å². The van der Waals surface area contributed by atoms with Gasteiger partial charge in [0.05, 0.1) is 11.1 Å². The third-order valence-electron chi connectivity index (χ3n) is 2.61. The summed E-state index contributed by atoms with van der Waals surface area (Å²) in [5.74, 6) is 0. The molecule has 1 aliphatic rings. The summed E-state index contributed by atoms with van der Waals surface area (Å²) in [4.78, 5) is 11.2. The van der Waals surface area contributed by atoms with E-state index >= 15 is 0 Å². The van der Waals surface area contributed by atoms with Crippen LogP contribution in [0.4, 0.5) is 0 Å². The van der Waals surface area contributed by atoms with Gasteiger partial charge >= 0.3 is 0 Å². The van der Waals surface area contributed by atoms with Crippen LogP contribution in [-0.4, -0.2) is 16.9 Å². The van der Waals surface area contributed by atoms with E-state index in [1.807, 2.05) is 41.5 Å². The highest BCUT2D eigenvalue weighted by Gasteiger charge is 2.36. The number of hydrogen-bond donors (Lipinski definition) is 0. The van der Waals surface area contributed by atoms with Gasteiger partial charge in [0.2, 0.25) is 5.72 Å². The van der Waals surface area contributed by atoms with E-state index in [9.17, 15) is 0 Å². The molecule has 0 bridgehead atoms. The predicted octanol–water partition coefficient (Wildman–Crippen LogP) is 4.64. The SMILES string of the molecule is CC(C)(C)N=NC1(OOC(C)(C)C)CCCCC1. The summed E-state index contributed by atoms with van der Waals surface area (Å²) >= 11 is 0. The van der Waals surface area contributed by atoms with Crippen molar-refractivity contribution in [1.29, 1.82) is 0 Å². The number of rotatable bonds is 3. The number of nitrogens with zero attached hydrogens (tertiary/aromatic N) is 2. The Morgan fingerprint density at radius 3 is 1.89 bits per heavy atom. The molecular formula is C14H28N2O2. The Labute approximate surface area is 111 Å². The molecule has 1 fully saturated rings. The lowest BCUT2D eigenvalue weighted by molar-refractivity contribution is -0.408. The highest BCUT2D eigenvalue weighted by atomic mass is 17.2. The first-order valence-corrected chi connectivity index (χ1v) is 6.93. The van der Waals surface area contributed by atoms with Gasteiger partial charge in [-0.15, -0.1) is 0 Å². The van der Waals surface area contributed by atoms with E-state index in [-0.39, 0.29) is 11.1 Å². The van der Waals surface area contributed by atoms with Gasteiger partial charge in [-0.05, 0) is 54.4 Å². The average molecular weight is 256 g/mol. The van der Waals surface area contributed by atoms with E-state index in [1.165, 1.54) is 6.42 Å². The van der Waals surface area contributed by atoms with E-state index in [0.29, 0.717) is 0 Å². The summed E-state index contributed by atoms with van der Waals surface area (Å²) < 4.78 is 0. The van der Waals surface area contributed by atoms with E-state index in [0.717, 1.165) is 25.7 Å². The van der Waals surface area contributed by atoms with Crippen LogP contribution in [0.3, 0.4) is 0 Å². The van der Waals surface area contributed by atoms with Gasteiger partial charge in [-0.2, -0.15) is 10.2 Å². The van der Waals surface area contributed by atoms with Crippen LogP contribution in [0, 0.1) is 0 Å². The molecule has 0 aromatic rings. The molecule has 1 saturated carbocycles. The standard InChI is InChI=1S/C14H28N2O2/c1-12(2,3)15-16-14(10-8-7-9-11-14)18-17-13(4,5)6/h7-11H2,1-6H3. The van der Waals surface area contributed by atoms with Gasteiger partial charge in [-0.25, -0.2) is 9.78 Å². The van der Waals surface area contributed by atoms with E-state index < -0.39 is 5.72 Å². The maximum Gasteiger partial charge on any atom is 0.212 e. The Morgan fingerprint density at radius 1 is 0.889 bits per heavy atom. The van der Waals surface area contributed by atoms with E-state index in [2.05, 4.69) is 10.2 Å². The van der Waals surface area contributed by atoms with Crippen molar-refractivity contribution in [3.63, 3.8) is 0 Å². The van der Waals surface area contributed by atoms with E-state index in [4.69, 9.17) is 9.78 Å². The van der Waals surface area contributed by atoms with Gasteiger partial charge in [0, 0.05) is 12.8 Å². The van der Waals surface area contributed by atoms with Crippen LogP contribution in [0.5, 0.6) is 0 Å². The van der Waals surface area contributed by atoms with Gasteiger partial charge in [-0.3, -0.25) is 0 Å². The molecule has 0 heterocycles. The molecule has 18 heavy (non-hydrogen) atoms. The molecule has 0 atom stereocenters. The number of hydrogen-bond acceptors (Lipinski definition) is 4. The summed E-state index contributed by atoms with van der Waals surface area (Å²) in [6, 6.07) is 0. The van der Waals surface area contributed by atoms with Crippen molar-refractivity contribution in [3.8, 4) is 0 Å². The molecule has 0 spiro atoms. The molecule has 0 saturated heterocycles. The Kier molecular flexibility index (Phi) is 4.90. The first-order chi connectivity index (χ1) is 8.12. The highest BCUT2D eigenvalue weighted by molar-refractivity contribution is 4.81. The van der Waals surface area contributed by atoms with Crippen molar-refractivity contribution in [2.75, 3.05) is 0 Å². The summed E-state index contributed by atoms with van der Waals surface area (Å²) in [6.07, 6.45) is 5.27. The summed E-state index contributed by atoms with van der Waals surface area (Å²) in [6.45, 7) is 12.0. The maximum absolute atomic E-state index is 5.67. The minimum absolute atomic E-state index is 0.171. The van der Waals surface area contributed by atoms with Crippen LogP contribution in [0.15, 0.2) is 10.2 Å². The Bertz CT molecular complexity index is 281. The fourth-order valence-corrected chi connectivity index (χ4v) is 1.75. The minimum atomic E-state index is -0.571. The van der Waals surface area contributed by atoms with Gasteiger partial charge in [-0.1, -0.05) is 6.42 Å². The zero-order chi connectivity index (χ0) is 13.9. The second kappa shape index (κ2) is 5.66. The Morgan fingerprint density at radius 2 is 1.44 bits per heavy atom. The van der Waals surface area contributed by atoms with Crippen LogP contribution < -0.4 is 0 Å². The second-order valence-electron chi connectivity index (χ2n) is 7.16. The largest absolute Gasteiger partial charge is 0.228 e. The van der Waals surface area contributed by atoms with Crippen molar-refractivity contribution in [2.24, 2.45) is 10.2 Å². The van der Waals surface area contributed by atoms with Crippen LogP contribution in [0.1, 0.15) is 73.6 Å². The predicted molar refractivity (Wildman–Crippen MR) is 72.3 cm³/mol. The Balaban J connectivity index is 2.72. The minimum Gasteiger partial charge on any atom is -0.228 e. The maximum atomic E-state index is 5.67. The molecule has 0 amide bonds. The van der Waals surface area contributed by atoms with Crippen LogP contribution in [0.2, 0.25) is 0 Å². The second-order valence-corrected chi connectivity index (χ2v) is 7.16. The molecule has 4 heteroatoms. The van der Waals surface area contributed by atoms with E-state index in [1.54, 1.807) is 0 Å². The topological polar surface area (TPSA) is 43.2 Å². The van der Waals surface area contributed by atoms with Crippen molar-refractivity contribution < 1.29 is 9.78 Å². The molecule has 0 radical (unpaired) electrons. The monoisotopic (exact) mass is 256 g/mol. The Hall–Kier alpha value is -0.480. The van der Waals surface area contributed by atoms with Crippen LogP contribution in [0.25, 0.3) is 0 Å². The molecule has 0 aromatic carbocycles. The lowest BCUT2D eigenvalue weighted by Crippen LogP contribution is -2.36. The smallest absolute Gasteiger partial charge is 0.212 e. The fourth-order valence-electron chi connectivity index (χ4n) is 1.75. The summed E-state index contributed by atoms with van der Waals surface area (Å²) in [7, 11) is 0. The van der Waals surface area contributed by atoms with Gasteiger partial charge in [0.1, 0.15) is 0 Å². The van der Waals surface area contributed by atoms with Crippen molar-refractivity contribution in [1.82, 2.24) is 0 Å². The zero-order valence-corrected chi connectivity index (χ0v) is 12.7. The summed E-state index contributed by atoms with van der Waals surface area (Å²) in [5.41, 5.74) is -1.06. The average Bonchev–Trinajstić information content (AvgIpc) is 2.24. The molecule has 0 aromatic heterocycles. The molecule has 0 aliphatic heterocycles. The van der Waals surface area contributed by atoms with Crippen molar-refractivity contribution >= 4 is 0 Å². The fraction of sp³-hybridized carbons (Fsp3) is 1.00. The first-order valence-electron chi connectivity index (χ1n) is 6.93. The molecule has 0 N–H and O–H groups in total. The van der Waals surface area contributed by atoms with Gasteiger partial charge in [0.25, 0.3) is 0 Å². The third kappa shape index (κ3) is 5.91. The van der Waals surface area contributed by atoms with Crippen molar-refractivity contribution in [2.45, 2.75) is 90.5 Å². The van der Waals surface area contributed by atoms with Crippen molar-refractivity contribution in [3.05, 3.63) is 0 Å². The van der Waals surface area contributed by atoms with Crippen LogP contribution in [-0.2, 0) is 9.78 Å². The quantitative estimate of drug-likeness (QED) is 0.419. The third-order valence-corrected chi connectivity index (χ3v) is 2.61. The van der Waals surface area contributed by atoms with Crippen LogP contribution >= 0.6 is 0 Å². The number of azo groups is 1. The van der Waals surface area contributed by atoms with Gasteiger partial charge < -0.3 is 0 Å². The molecule has 0 unspecified atom stereocenters. The molecule has 106 valence electrons.